The molecule has 0 unspecified atom stereocenters. The van der Waals surface area contributed by atoms with E-state index in [2.05, 4.69) is 37.3 Å². The maximum absolute atomic E-state index is 14.6. The molecular weight excluding hydrogens is 405 g/mol. The van der Waals surface area contributed by atoms with E-state index in [1.807, 2.05) is 36.4 Å². The van der Waals surface area contributed by atoms with Crippen LogP contribution >= 0.6 is 0 Å². The van der Waals surface area contributed by atoms with Gasteiger partial charge in [-0.15, -0.1) is 5.56 Å². The van der Waals surface area contributed by atoms with Gasteiger partial charge >= 0.3 is 58.2 Å². The van der Waals surface area contributed by atoms with Crippen molar-refractivity contribution in [2.24, 2.45) is 5.92 Å². The molecule has 0 heterocycles. The second-order valence-corrected chi connectivity index (χ2v) is 7.56. The second kappa shape index (κ2) is 9.74. The summed E-state index contributed by atoms with van der Waals surface area (Å²) < 4.78 is 14.6. The molecule has 0 aromatic heterocycles. The van der Waals surface area contributed by atoms with Crippen LogP contribution < -0.4 is 58.2 Å². The monoisotopic (exact) mass is 428 g/mol. The molecule has 1 fully saturated rings. The minimum atomic E-state index is -0.181. The summed E-state index contributed by atoms with van der Waals surface area (Å²) in [6, 6.07) is 24.6. The van der Waals surface area contributed by atoms with Crippen LogP contribution in [0.3, 0.4) is 0 Å². The molecule has 3 aromatic rings. The number of rotatable bonds is 3. The summed E-state index contributed by atoms with van der Waals surface area (Å²) >= 11 is 0. The molecule has 0 N–H and O–H groups in total. The van der Waals surface area contributed by atoms with Crippen LogP contribution in [0.5, 0.6) is 0 Å². The maximum atomic E-state index is 14.6. The molecule has 0 aliphatic heterocycles. The van der Waals surface area contributed by atoms with Crippen molar-refractivity contribution in [3.05, 3.63) is 84.2 Å². The van der Waals surface area contributed by atoms with Crippen LogP contribution in [0.15, 0.2) is 66.7 Å². The Bertz CT molecular complexity index is 863. The Kier molecular flexibility index (Phi) is 7.61. The van der Waals surface area contributed by atoms with Crippen LogP contribution in [0.25, 0.3) is 22.3 Å². The second-order valence-electron chi connectivity index (χ2n) is 7.56. The zero-order valence-electron chi connectivity index (χ0n) is 16.2. The number of benzene rings is 3. The summed E-state index contributed by atoms with van der Waals surface area (Å²) in [5, 5.41) is 0. The first-order chi connectivity index (χ1) is 12.7. The van der Waals surface area contributed by atoms with Gasteiger partial charge < -0.3 is 0 Å². The predicted molar refractivity (Wildman–Crippen MR) is 106 cm³/mol. The molecule has 0 saturated heterocycles. The van der Waals surface area contributed by atoms with Crippen LogP contribution in [-0.4, -0.2) is 0 Å². The van der Waals surface area contributed by atoms with E-state index < -0.39 is 0 Å². The smallest absolute Gasteiger partial charge is 0.206 e. The van der Waals surface area contributed by atoms with Crippen molar-refractivity contribution in [3.63, 3.8) is 0 Å². The van der Waals surface area contributed by atoms with Crippen LogP contribution in [0, 0.1) is 17.8 Å². The van der Waals surface area contributed by atoms with Gasteiger partial charge in [-0.3, -0.25) is 0 Å². The van der Waals surface area contributed by atoms with Gasteiger partial charge in [0.2, 0.25) is 0 Å². The average Bonchev–Trinajstić information content (AvgIpc) is 2.69. The molecule has 132 valence electrons. The third kappa shape index (κ3) is 5.06. The van der Waals surface area contributed by atoms with Crippen molar-refractivity contribution >= 4 is 0 Å². The predicted octanol–water partition coefficient (Wildman–Crippen LogP) is 4.26. The van der Waals surface area contributed by atoms with Crippen LogP contribution in [0.4, 0.5) is 4.39 Å². The van der Waals surface area contributed by atoms with E-state index in [0.29, 0.717) is 11.5 Å². The molecule has 27 heavy (non-hydrogen) atoms. The van der Waals surface area contributed by atoms with Crippen molar-refractivity contribution < 1.29 is 62.6 Å². The van der Waals surface area contributed by atoms with Crippen LogP contribution in [-0.2, 0) is 0 Å². The van der Waals surface area contributed by atoms with Gasteiger partial charge in [-0.1, -0.05) is 56.2 Å². The van der Waals surface area contributed by atoms with Crippen molar-refractivity contribution in [2.75, 3.05) is 0 Å². The minimum Gasteiger partial charge on any atom is -0.206 e. The van der Waals surface area contributed by atoms with Gasteiger partial charge in [0.25, 0.3) is 0 Å². The average molecular weight is 429 g/mol. The standard InChI is InChI=1S/C25H24F.Rb/c1-18-7-9-19(10-8-18)20-11-13-21(14-12-20)23-15-16-24(25(26)17-23)22-5-3-2-4-6-22;/h3-6,11-19H,7-10H2,1H3;/q-1;+1. The fraction of sp³-hybridized carbons (Fsp3) is 0.280. The molecule has 0 atom stereocenters. The van der Waals surface area contributed by atoms with Gasteiger partial charge in [0.05, 0.1) is 0 Å². The molecule has 0 radical (unpaired) electrons. The SMILES string of the molecule is CC1CCC(c2ccc(-c3ccc(-c4cc[c-]cc4)c(F)c3)cc2)CC1.[Rb+]. The summed E-state index contributed by atoms with van der Waals surface area (Å²) in [5.41, 5.74) is 4.95. The van der Waals surface area contributed by atoms with E-state index in [1.165, 1.54) is 31.2 Å². The fourth-order valence-electron chi connectivity index (χ4n) is 4.04. The molecule has 4 rings (SSSR count). The summed E-state index contributed by atoms with van der Waals surface area (Å²) in [5.74, 6) is 1.38. The Hall–Kier alpha value is -0.605. The summed E-state index contributed by atoms with van der Waals surface area (Å²) in [7, 11) is 0. The Morgan fingerprint density at radius 3 is 2.04 bits per heavy atom. The third-order valence-electron chi connectivity index (χ3n) is 5.73. The zero-order chi connectivity index (χ0) is 17.9. The van der Waals surface area contributed by atoms with E-state index in [9.17, 15) is 4.39 Å². The molecule has 0 nitrogen and oxygen atoms in total. The van der Waals surface area contributed by atoms with Gasteiger partial charge in [0.1, 0.15) is 5.82 Å². The van der Waals surface area contributed by atoms with E-state index >= 15 is 0 Å². The van der Waals surface area contributed by atoms with Crippen molar-refractivity contribution in [3.8, 4) is 22.3 Å². The number of hydrogen-bond acceptors (Lipinski definition) is 0. The van der Waals surface area contributed by atoms with Gasteiger partial charge in [-0.05, 0) is 53.0 Å². The summed E-state index contributed by atoms with van der Waals surface area (Å²) in [6.45, 7) is 2.35. The van der Waals surface area contributed by atoms with Crippen LogP contribution in [0.1, 0.15) is 44.1 Å². The molecule has 1 aliphatic carbocycles. The van der Waals surface area contributed by atoms with Crippen molar-refractivity contribution in [2.45, 2.75) is 38.5 Å². The molecule has 1 aliphatic rings. The third-order valence-corrected chi connectivity index (χ3v) is 5.73. The zero-order valence-corrected chi connectivity index (χ0v) is 21.1. The van der Waals surface area contributed by atoms with Gasteiger partial charge in [-0.25, -0.2) is 4.39 Å². The van der Waals surface area contributed by atoms with Crippen LogP contribution in [0.2, 0.25) is 0 Å². The Morgan fingerprint density at radius 2 is 1.41 bits per heavy atom. The van der Waals surface area contributed by atoms with E-state index in [1.54, 1.807) is 6.07 Å². The van der Waals surface area contributed by atoms with Crippen molar-refractivity contribution in [1.29, 1.82) is 0 Å². The fourth-order valence-corrected chi connectivity index (χ4v) is 4.04. The normalized spacial score (nSPS) is 19.3. The van der Waals surface area contributed by atoms with Gasteiger partial charge in [0.15, 0.2) is 0 Å². The first-order valence-corrected chi connectivity index (χ1v) is 9.57. The summed E-state index contributed by atoms with van der Waals surface area (Å²) in [4.78, 5) is 0. The Morgan fingerprint density at radius 1 is 0.778 bits per heavy atom. The van der Waals surface area contributed by atoms with E-state index in [-0.39, 0.29) is 64.0 Å². The molecule has 2 heteroatoms. The Labute approximate surface area is 211 Å². The summed E-state index contributed by atoms with van der Waals surface area (Å²) in [6.07, 6.45) is 5.24. The van der Waals surface area contributed by atoms with Gasteiger partial charge in [-0.2, -0.15) is 30.3 Å². The first kappa shape index (κ1) is 21.1. The van der Waals surface area contributed by atoms with E-state index in [0.717, 1.165) is 22.6 Å². The number of hydrogen-bond donors (Lipinski definition) is 0. The van der Waals surface area contributed by atoms with Crippen molar-refractivity contribution in [1.82, 2.24) is 0 Å². The maximum Gasteiger partial charge on any atom is 1.00 e. The Balaban J connectivity index is 0.00000210. The van der Waals surface area contributed by atoms with Gasteiger partial charge in [0, 0.05) is 0 Å². The molecule has 0 bridgehead atoms. The minimum absolute atomic E-state index is 0. The number of halogens is 1. The molecular formula is C25H24FRb. The topological polar surface area (TPSA) is 0 Å². The molecule has 1 saturated carbocycles. The quantitative estimate of drug-likeness (QED) is 0.547. The first-order valence-electron chi connectivity index (χ1n) is 9.57. The largest absolute Gasteiger partial charge is 1.00 e. The molecule has 3 aromatic carbocycles. The molecule has 0 amide bonds. The molecule has 0 spiro atoms. The van der Waals surface area contributed by atoms with E-state index in [4.69, 9.17) is 0 Å².